The number of likely N-dealkylation sites (tertiary alicyclic amines) is 1. The van der Waals surface area contributed by atoms with Crippen molar-refractivity contribution in [3.8, 4) is 11.5 Å². The van der Waals surface area contributed by atoms with E-state index in [1.165, 1.54) is 6.42 Å². The molecule has 1 amide bonds. The zero-order chi connectivity index (χ0) is 17.4. The van der Waals surface area contributed by atoms with Crippen LogP contribution < -0.4 is 9.47 Å². The van der Waals surface area contributed by atoms with Crippen LogP contribution in [0.4, 0.5) is 0 Å². The van der Waals surface area contributed by atoms with E-state index in [2.05, 4.69) is 5.10 Å². The van der Waals surface area contributed by atoms with Gasteiger partial charge in [-0.2, -0.15) is 5.10 Å². The predicted molar refractivity (Wildman–Crippen MR) is 92.8 cm³/mol. The van der Waals surface area contributed by atoms with Gasteiger partial charge in [0.1, 0.15) is 18.1 Å². The van der Waals surface area contributed by atoms with Crippen LogP contribution in [0.5, 0.6) is 11.5 Å². The predicted octanol–water partition coefficient (Wildman–Crippen LogP) is 2.50. The third-order valence-corrected chi connectivity index (χ3v) is 5.41. The van der Waals surface area contributed by atoms with Crippen LogP contribution in [-0.2, 0) is 7.05 Å². The maximum absolute atomic E-state index is 13.0. The summed E-state index contributed by atoms with van der Waals surface area (Å²) in [5, 5.41) is 4.13. The molecule has 1 aliphatic carbocycles. The Kier molecular flexibility index (Phi) is 4.11. The van der Waals surface area contributed by atoms with Crippen molar-refractivity contribution in [1.29, 1.82) is 0 Å². The van der Waals surface area contributed by atoms with Crippen molar-refractivity contribution in [3.05, 3.63) is 42.2 Å². The summed E-state index contributed by atoms with van der Waals surface area (Å²) in [6, 6.07) is 8.04. The van der Waals surface area contributed by atoms with E-state index in [9.17, 15) is 4.79 Å². The smallest absolute Gasteiger partial charge is 0.257 e. The number of aromatic nitrogens is 2. The van der Waals surface area contributed by atoms with E-state index >= 15 is 0 Å². The lowest BCUT2D eigenvalue weighted by atomic mass is 9.99. The van der Waals surface area contributed by atoms with Gasteiger partial charge in [-0.25, -0.2) is 0 Å². The van der Waals surface area contributed by atoms with E-state index < -0.39 is 0 Å². The lowest BCUT2D eigenvalue weighted by Gasteiger charge is -2.35. The fraction of sp³-hybridized carbons (Fsp3) is 0.474. The van der Waals surface area contributed by atoms with Crippen molar-refractivity contribution in [2.24, 2.45) is 13.0 Å². The number of hydrogen-bond donors (Lipinski definition) is 0. The second-order valence-electron chi connectivity index (χ2n) is 6.90. The summed E-state index contributed by atoms with van der Waals surface area (Å²) in [6.07, 6.45) is 6.79. The number of benzene rings is 1. The molecule has 4 rings (SSSR count). The molecule has 3 atom stereocenters. The number of carbonyl (C=O) groups is 1. The summed E-state index contributed by atoms with van der Waals surface area (Å²) >= 11 is 0. The van der Waals surface area contributed by atoms with Crippen LogP contribution in [0.15, 0.2) is 36.7 Å². The highest BCUT2D eigenvalue weighted by atomic mass is 16.5. The molecule has 2 aliphatic rings. The molecule has 1 aliphatic heterocycles. The average molecular weight is 341 g/mol. The van der Waals surface area contributed by atoms with Crippen LogP contribution >= 0.6 is 0 Å². The molecule has 25 heavy (non-hydrogen) atoms. The Hall–Kier alpha value is -2.50. The van der Waals surface area contributed by atoms with Crippen molar-refractivity contribution in [2.75, 3.05) is 13.7 Å². The van der Waals surface area contributed by atoms with Crippen molar-refractivity contribution in [3.63, 3.8) is 0 Å². The number of ether oxygens (including phenoxy) is 2. The molecule has 1 aromatic heterocycles. The number of methoxy groups -OCH3 is 1. The Morgan fingerprint density at radius 1 is 1.24 bits per heavy atom. The molecule has 0 N–H and O–H groups in total. The number of nitrogens with zero attached hydrogens (tertiary/aromatic N) is 3. The van der Waals surface area contributed by atoms with E-state index in [0.29, 0.717) is 24.1 Å². The molecule has 0 spiro atoms. The quantitative estimate of drug-likeness (QED) is 0.838. The van der Waals surface area contributed by atoms with Crippen molar-refractivity contribution >= 4 is 5.91 Å². The van der Waals surface area contributed by atoms with E-state index in [0.717, 1.165) is 24.3 Å². The maximum Gasteiger partial charge on any atom is 0.257 e. The van der Waals surface area contributed by atoms with Gasteiger partial charge in [0.15, 0.2) is 0 Å². The van der Waals surface area contributed by atoms with Crippen LogP contribution in [0.2, 0.25) is 0 Å². The zero-order valence-electron chi connectivity index (χ0n) is 14.6. The van der Waals surface area contributed by atoms with Gasteiger partial charge in [0.2, 0.25) is 0 Å². The number of piperidine rings is 1. The molecular formula is C19H23N3O3. The SMILES string of the molecule is COc1ccc(OC[C@H]2C3CCC(C3)N2C(=O)c2cnn(C)c2)cc1. The number of hydrogen-bond acceptors (Lipinski definition) is 4. The Bertz CT molecular complexity index is 756. The van der Waals surface area contributed by atoms with Gasteiger partial charge in [0, 0.05) is 19.3 Å². The van der Waals surface area contributed by atoms with Crippen LogP contribution in [0.3, 0.4) is 0 Å². The van der Waals surface area contributed by atoms with E-state index in [4.69, 9.17) is 9.47 Å². The highest BCUT2D eigenvalue weighted by Crippen LogP contribution is 2.43. The molecule has 6 nitrogen and oxygen atoms in total. The standard InChI is InChI=1S/C19H23N3O3/c1-21-11-14(10-20-21)19(23)22-15-4-3-13(9-15)18(22)12-25-17-7-5-16(24-2)6-8-17/h5-8,10-11,13,15,18H,3-4,9,12H2,1-2H3/t13?,15?,18-/m0/s1. The Morgan fingerprint density at radius 3 is 2.68 bits per heavy atom. The third kappa shape index (κ3) is 2.97. The summed E-state index contributed by atoms with van der Waals surface area (Å²) in [6.45, 7) is 0.527. The summed E-state index contributed by atoms with van der Waals surface area (Å²) in [7, 11) is 3.48. The van der Waals surface area contributed by atoms with Gasteiger partial charge < -0.3 is 14.4 Å². The lowest BCUT2D eigenvalue weighted by Crippen LogP contribution is -2.47. The first-order chi connectivity index (χ1) is 12.2. The monoisotopic (exact) mass is 341 g/mol. The number of rotatable bonds is 5. The molecule has 0 radical (unpaired) electrons. The molecule has 6 heteroatoms. The minimum Gasteiger partial charge on any atom is -0.497 e. The second-order valence-corrected chi connectivity index (χ2v) is 6.90. The molecule has 2 aromatic rings. The molecule has 1 aromatic carbocycles. The number of fused-ring (bicyclic) bond motifs is 2. The summed E-state index contributed by atoms with van der Waals surface area (Å²) in [5.74, 6) is 2.21. The minimum atomic E-state index is 0.0728. The van der Waals surface area contributed by atoms with Gasteiger partial charge in [-0.05, 0) is 49.4 Å². The topological polar surface area (TPSA) is 56.6 Å². The van der Waals surface area contributed by atoms with Gasteiger partial charge >= 0.3 is 0 Å². The zero-order valence-corrected chi connectivity index (χ0v) is 14.6. The highest BCUT2D eigenvalue weighted by molar-refractivity contribution is 5.94. The second kappa shape index (κ2) is 6.43. The van der Waals surface area contributed by atoms with Crippen molar-refractivity contribution in [2.45, 2.75) is 31.3 Å². The number of aryl methyl sites for hydroxylation is 1. The minimum absolute atomic E-state index is 0.0728. The molecule has 132 valence electrons. The van der Waals surface area contributed by atoms with Crippen LogP contribution in [0, 0.1) is 5.92 Å². The maximum atomic E-state index is 13.0. The van der Waals surface area contributed by atoms with Crippen molar-refractivity contribution in [1.82, 2.24) is 14.7 Å². The first-order valence-electron chi connectivity index (χ1n) is 8.74. The van der Waals surface area contributed by atoms with E-state index in [-0.39, 0.29) is 11.9 Å². The van der Waals surface area contributed by atoms with Gasteiger partial charge in [-0.15, -0.1) is 0 Å². The first kappa shape index (κ1) is 16.0. The summed E-state index contributed by atoms with van der Waals surface area (Å²) < 4.78 is 12.8. The number of carbonyl (C=O) groups excluding carboxylic acids is 1. The summed E-state index contributed by atoms with van der Waals surface area (Å²) in [5.41, 5.74) is 0.657. The van der Waals surface area contributed by atoms with Gasteiger partial charge in [-0.1, -0.05) is 0 Å². The average Bonchev–Trinajstić information content (AvgIpc) is 3.35. The van der Waals surface area contributed by atoms with Gasteiger partial charge in [0.25, 0.3) is 5.91 Å². The van der Waals surface area contributed by atoms with Crippen molar-refractivity contribution < 1.29 is 14.3 Å². The molecule has 1 saturated heterocycles. The van der Waals surface area contributed by atoms with Crippen LogP contribution in [0.1, 0.15) is 29.6 Å². The number of amides is 1. The Labute approximate surface area is 147 Å². The molecule has 2 fully saturated rings. The molecule has 2 bridgehead atoms. The molecule has 1 saturated carbocycles. The molecule has 2 heterocycles. The van der Waals surface area contributed by atoms with Gasteiger partial charge in [0.05, 0.1) is 24.9 Å². The van der Waals surface area contributed by atoms with Crippen LogP contribution in [0.25, 0.3) is 0 Å². The normalized spacial score (nSPS) is 24.6. The van der Waals surface area contributed by atoms with E-state index in [1.54, 1.807) is 24.2 Å². The highest BCUT2D eigenvalue weighted by Gasteiger charge is 2.48. The third-order valence-electron chi connectivity index (χ3n) is 5.41. The van der Waals surface area contributed by atoms with E-state index in [1.807, 2.05) is 36.2 Å². The molecule has 2 unspecified atom stereocenters. The fourth-order valence-corrected chi connectivity index (χ4v) is 4.16. The largest absolute Gasteiger partial charge is 0.497 e. The fourth-order valence-electron chi connectivity index (χ4n) is 4.16. The molecular weight excluding hydrogens is 318 g/mol. The Morgan fingerprint density at radius 2 is 2.00 bits per heavy atom. The summed E-state index contributed by atoms with van der Waals surface area (Å²) in [4.78, 5) is 15.0. The first-order valence-corrected chi connectivity index (χ1v) is 8.74. The Balaban J connectivity index is 1.47. The van der Waals surface area contributed by atoms with Gasteiger partial charge in [-0.3, -0.25) is 9.48 Å². The van der Waals surface area contributed by atoms with Crippen LogP contribution in [-0.4, -0.2) is 46.4 Å². The lowest BCUT2D eigenvalue weighted by molar-refractivity contribution is 0.0505.